The first-order chi connectivity index (χ1) is 10.6. The lowest BCUT2D eigenvalue weighted by atomic mass is 9.81. The normalized spacial score (nSPS) is 24.1. The van der Waals surface area contributed by atoms with Gasteiger partial charge in [-0.15, -0.1) is 12.4 Å². The minimum Gasteiger partial charge on any atom is -0.339 e. The Hall–Kier alpha value is -1.34. The van der Waals surface area contributed by atoms with Crippen LogP contribution in [-0.4, -0.2) is 77.9 Å². The molecule has 1 saturated carbocycles. The SMILES string of the molecule is CN1C(=O)N(CC(=O)N2CCNCC2)C(=O)C12CCCCC2.Cl. The number of hydrogen-bond acceptors (Lipinski definition) is 4. The highest BCUT2D eigenvalue weighted by Gasteiger charge is 2.55. The van der Waals surface area contributed by atoms with E-state index in [1.807, 2.05) is 0 Å². The van der Waals surface area contributed by atoms with Gasteiger partial charge in [0.05, 0.1) is 0 Å². The van der Waals surface area contributed by atoms with Gasteiger partial charge in [-0.05, 0) is 12.8 Å². The van der Waals surface area contributed by atoms with Gasteiger partial charge in [0.25, 0.3) is 5.91 Å². The van der Waals surface area contributed by atoms with Crippen LogP contribution in [0.2, 0.25) is 0 Å². The average molecular weight is 345 g/mol. The third kappa shape index (κ3) is 3.04. The molecule has 2 saturated heterocycles. The summed E-state index contributed by atoms with van der Waals surface area (Å²) in [7, 11) is 1.70. The highest BCUT2D eigenvalue weighted by molar-refractivity contribution is 6.08. The topological polar surface area (TPSA) is 73.0 Å². The number of likely N-dealkylation sites (N-methyl/N-ethyl adjacent to an activating group) is 1. The van der Waals surface area contributed by atoms with E-state index in [-0.39, 0.29) is 36.8 Å². The van der Waals surface area contributed by atoms with Crippen molar-refractivity contribution < 1.29 is 14.4 Å². The number of urea groups is 1. The zero-order valence-electron chi connectivity index (χ0n) is 13.5. The number of imide groups is 1. The Morgan fingerprint density at radius 2 is 1.74 bits per heavy atom. The number of carbonyl (C=O) groups is 3. The van der Waals surface area contributed by atoms with E-state index >= 15 is 0 Å². The standard InChI is InChI=1S/C15H24N4O3.ClH/c1-17-14(22)19(11-12(20)18-9-7-16-8-10-18)13(21)15(17)5-3-2-4-6-15;/h16H,2-11H2,1H3;1H. The van der Waals surface area contributed by atoms with Crippen molar-refractivity contribution in [2.24, 2.45) is 0 Å². The van der Waals surface area contributed by atoms with E-state index in [0.29, 0.717) is 25.9 Å². The summed E-state index contributed by atoms with van der Waals surface area (Å²) in [6.07, 6.45) is 4.46. The quantitative estimate of drug-likeness (QED) is 0.738. The van der Waals surface area contributed by atoms with Gasteiger partial charge in [-0.3, -0.25) is 14.5 Å². The second-order valence-electron chi connectivity index (χ2n) is 6.46. The molecule has 0 aromatic carbocycles. The second kappa shape index (κ2) is 7.05. The first-order valence-corrected chi connectivity index (χ1v) is 8.14. The van der Waals surface area contributed by atoms with Crippen LogP contribution < -0.4 is 5.32 Å². The molecule has 4 amide bonds. The molecule has 0 aromatic rings. The Balaban J connectivity index is 0.00000192. The molecule has 130 valence electrons. The maximum absolute atomic E-state index is 12.8. The smallest absolute Gasteiger partial charge is 0.327 e. The van der Waals surface area contributed by atoms with E-state index in [1.54, 1.807) is 16.8 Å². The number of nitrogens with zero attached hydrogens (tertiary/aromatic N) is 3. The van der Waals surface area contributed by atoms with Gasteiger partial charge in [0, 0.05) is 33.2 Å². The third-order valence-corrected chi connectivity index (χ3v) is 5.25. The van der Waals surface area contributed by atoms with Crippen LogP contribution in [-0.2, 0) is 9.59 Å². The number of rotatable bonds is 2. The van der Waals surface area contributed by atoms with Crippen LogP contribution in [0.3, 0.4) is 0 Å². The molecule has 0 unspecified atom stereocenters. The Labute approximate surface area is 142 Å². The molecule has 1 aliphatic carbocycles. The number of amides is 4. The molecule has 0 aromatic heterocycles. The van der Waals surface area contributed by atoms with E-state index < -0.39 is 5.54 Å². The molecule has 3 aliphatic rings. The van der Waals surface area contributed by atoms with Gasteiger partial charge in [0.15, 0.2) is 0 Å². The summed E-state index contributed by atoms with van der Waals surface area (Å²) in [6.45, 7) is 2.67. The van der Waals surface area contributed by atoms with Crippen LogP contribution >= 0.6 is 12.4 Å². The van der Waals surface area contributed by atoms with Gasteiger partial charge >= 0.3 is 6.03 Å². The molecule has 3 rings (SSSR count). The molecule has 1 spiro atoms. The van der Waals surface area contributed by atoms with E-state index in [9.17, 15) is 14.4 Å². The van der Waals surface area contributed by atoms with Crippen molar-refractivity contribution in [3.63, 3.8) is 0 Å². The summed E-state index contributed by atoms with van der Waals surface area (Å²) in [6, 6.07) is -0.324. The predicted molar refractivity (Wildman–Crippen MR) is 87.4 cm³/mol. The van der Waals surface area contributed by atoms with Gasteiger partial charge in [0.2, 0.25) is 5.91 Å². The summed E-state index contributed by atoms with van der Waals surface area (Å²) in [5, 5.41) is 3.18. The van der Waals surface area contributed by atoms with Crippen molar-refractivity contribution in [1.82, 2.24) is 20.0 Å². The van der Waals surface area contributed by atoms with Crippen LogP contribution in [0.4, 0.5) is 4.79 Å². The van der Waals surface area contributed by atoms with Gasteiger partial charge in [-0.1, -0.05) is 19.3 Å². The molecule has 0 radical (unpaired) electrons. The third-order valence-electron chi connectivity index (χ3n) is 5.25. The van der Waals surface area contributed by atoms with Crippen LogP contribution in [0, 0.1) is 0 Å². The summed E-state index contributed by atoms with van der Waals surface area (Å²) < 4.78 is 0. The van der Waals surface area contributed by atoms with Gasteiger partial charge in [-0.2, -0.15) is 0 Å². The molecule has 7 nitrogen and oxygen atoms in total. The summed E-state index contributed by atoms with van der Waals surface area (Å²) >= 11 is 0. The predicted octanol–water partition coefficient (Wildman–Crippen LogP) is 0.437. The molecule has 0 bridgehead atoms. The molecule has 1 N–H and O–H groups in total. The minimum absolute atomic E-state index is 0. The number of nitrogens with one attached hydrogen (secondary N) is 1. The van der Waals surface area contributed by atoms with Crippen molar-refractivity contribution in [2.75, 3.05) is 39.8 Å². The molecule has 3 fully saturated rings. The first-order valence-electron chi connectivity index (χ1n) is 8.14. The average Bonchev–Trinajstić information content (AvgIpc) is 2.73. The fourth-order valence-electron chi connectivity index (χ4n) is 3.82. The number of hydrogen-bond donors (Lipinski definition) is 1. The number of piperazine rings is 1. The van der Waals surface area contributed by atoms with Crippen molar-refractivity contribution in [1.29, 1.82) is 0 Å². The van der Waals surface area contributed by atoms with Gasteiger partial charge in [-0.25, -0.2) is 4.79 Å². The minimum atomic E-state index is -0.695. The second-order valence-corrected chi connectivity index (χ2v) is 6.46. The maximum Gasteiger partial charge on any atom is 0.327 e. The number of halogens is 1. The molecule has 0 atom stereocenters. The lowest BCUT2D eigenvalue weighted by molar-refractivity contribution is -0.140. The van der Waals surface area contributed by atoms with Crippen LogP contribution in [0.1, 0.15) is 32.1 Å². The van der Waals surface area contributed by atoms with Crippen LogP contribution in [0.15, 0.2) is 0 Å². The van der Waals surface area contributed by atoms with E-state index in [1.165, 1.54) is 0 Å². The Morgan fingerprint density at radius 3 is 2.35 bits per heavy atom. The lowest BCUT2D eigenvalue weighted by Crippen LogP contribution is -2.51. The molecule has 8 heteroatoms. The van der Waals surface area contributed by atoms with E-state index in [2.05, 4.69) is 5.32 Å². The fraction of sp³-hybridized carbons (Fsp3) is 0.800. The molecule has 23 heavy (non-hydrogen) atoms. The lowest BCUT2D eigenvalue weighted by Gasteiger charge is -2.35. The van der Waals surface area contributed by atoms with Crippen LogP contribution in [0.5, 0.6) is 0 Å². The van der Waals surface area contributed by atoms with Crippen molar-refractivity contribution in [3.05, 3.63) is 0 Å². The molecular formula is C15H25ClN4O3. The molecule has 2 aliphatic heterocycles. The van der Waals surface area contributed by atoms with Crippen LogP contribution in [0.25, 0.3) is 0 Å². The Morgan fingerprint density at radius 1 is 1.13 bits per heavy atom. The largest absolute Gasteiger partial charge is 0.339 e. The summed E-state index contributed by atoms with van der Waals surface area (Å²) in [5.74, 6) is -0.312. The zero-order chi connectivity index (χ0) is 15.7. The Kier molecular flexibility index (Phi) is 5.52. The highest BCUT2D eigenvalue weighted by atomic mass is 35.5. The van der Waals surface area contributed by atoms with Crippen molar-refractivity contribution in [3.8, 4) is 0 Å². The van der Waals surface area contributed by atoms with E-state index in [4.69, 9.17) is 0 Å². The van der Waals surface area contributed by atoms with Crippen molar-refractivity contribution >= 4 is 30.3 Å². The summed E-state index contributed by atoms with van der Waals surface area (Å²) in [4.78, 5) is 42.1. The summed E-state index contributed by atoms with van der Waals surface area (Å²) in [5.41, 5.74) is -0.695. The zero-order valence-corrected chi connectivity index (χ0v) is 14.4. The van der Waals surface area contributed by atoms with Gasteiger partial charge in [0.1, 0.15) is 12.1 Å². The molecule has 2 heterocycles. The highest BCUT2D eigenvalue weighted by Crippen LogP contribution is 2.39. The fourth-order valence-corrected chi connectivity index (χ4v) is 3.82. The number of carbonyl (C=O) groups excluding carboxylic acids is 3. The first kappa shape index (κ1) is 18.0. The van der Waals surface area contributed by atoms with Crippen molar-refractivity contribution in [2.45, 2.75) is 37.6 Å². The van der Waals surface area contributed by atoms with E-state index in [0.717, 1.165) is 37.3 Å². The Bertz CT molecular complexity index is 487. The molecular weight excluding hydrogens is 320 g/mol. The maximum atomic E-state index is 12.8. The van der Waals surface area contributed by atoms with Gasteiger partial charge < -0.3 is 15.1 Å². The monoisotopic (exact) mass is 344 g/mol.